The lowest BCUT2D eigenvalue weighted by Gasteiger charge is -2.33. The van der Waals surface area contributed by atoms with Crippen LogP contribution in [-0.4, -0.2) is 30.9 Å². The molecule has 0 saturated carbocycles. The summed E-state index contributed by atoms with van der Waals surface area (Å²) in [4.78, 5) is 0.148. The molecule has 1 N–H and O–H groups in total. The Morgan fingerprint density at radius 3 is 2.39 bits per heavy atom. The molecule has 0 radical (unpaired) electrons. The highest BCUT2D eigenvalue weighted by atomic mass is 32.2. The number of sulfonamides is 1. The second kappa shape index (κ2) is 6.43. The van der Waals surface area contributed by atoms with Crippen LogP contribution in [0.5, 0.6) is 0 Å². The predicted molar refractivity (Wildman–Crippen MR) is 81.6 cm³/mol. The maximum absolute atomic E-state index is 12.9. The summed E-state index contributed by atoms with van der Waals surface area (Å²) in [6, 6.07) is 7.19. The molecule has 2 aromatic rings. The number of hydrogen-bond acceptors (Lipinski definition) is 4. The normalized spacial score (nSPS) is 18.9. The van der Waals surface area contributed by atoms with E-state index in [1.807, 2.05) is 0 Å². The van der Waals surface area contributed by atoms with E-state index in [-0.39, 0.29) is 16.6 Å². The van der Waals surface area contributed by atoms with Crippen molar-refractivity contribution in [2.75, 3.05) is 13.1 Å². The summed E-state index contributed by atoms with van der Waals surface area (Å²) in [5, 5.41) is 10.4. The highest BCUT2D eigenvalue weighted by molar-refractivity contribution is 7.89. The van der Waals surface area contributed by atoms with E-state index < -0.39 is 16.1 Å². The maximum atomic E-state index is 12.9. The van der Waals surface area contributed by atoms with Crippen LogP contribution in [0.4, 0.5) is 4.39 Å². The summed E-state index contributed by atoms with van der Waals surface area (Å²) in [5.74, 6) is -0.391. The SMILES string of the molecule is O=S(=O)(c1ccoc1)N1CCC(C(O)c2ccc(F)cc2)CC1. The highest BCUT2D eigenvalue weighted by Crippen LogP contribution is 2.32. The minimum absolute atomic E-state index is 0.0451. The fourth-order valence-corrected chi connectivity index (χ4v) is 4.31. The van der Waals surface area contributed by atoms with Crippen molar-refractivity contribution in [3.05, 3.63) is 54.2 Å². The second-order valence-electron chi connectivity index (χ2n) is 5.70. The van der Waals surface area contributed by atoms with E-state index in [4.69, 9.17) is 4.42 Å². The van der Waals surface area contributed by atoms with E-state index in [0.29, 0.717) is 31.5 Å². The fraction of sp³-hybridized carbons (Fsp3) is 0.375. The Kier molecular flexibility index (Phi) is 4.52. The van der Waals surface area contributed by atoms with Gasteiger partial charge in [-0.3, -0.25) is 0 Å². The Bertz CT molecular complexity index is 735. The highest BCUT2D eigenvalue weighted by Gasteiger charge is 2.32. The summed E-state index contributed by atoms with van der Waals surface area (Å²) in [6.07, 6.45) is 2.94. The van der Waals surface area contributed by atoms with Gasteiger partial charge in [0.15, 0.2) is 0 Å². The van der Waals surface area contributed by atoms with Crippen LogP contribution in [0.2, 0.25) is 0 Å². The lowest BCUT2D eigenvalue weighted by Crippen LogP contribution is -2.39. The Balaban J connectivity index is 1.65. The molecule has 1 aromatic heterocycles. The number of nitrogens with zero attached hydrogens (tertiary/aromatic N) is 1. The number of piperidine rings is 1. The maximum Gasteiger partial charge on any atom is 0.246 e. The van der Waals surface area contributed by atoms with Crippen LogP contribution in [0.25, 0.3) is 0 Å². The minimum Gasteiger partial charge on any atom is -0.471 e. The molecule has 0 bridgehead atoms. The molecular weight excluding hydrogens is 321 g/mol. The van der Waals surface area contributed by atoms with E-state index in [9.17, 15) is 17.9 Å². The fourth-order valence-electron chi connectivity index (χ4n) is 2.91. The van der Waals surface area contributed by atoms with E-state index in [1.165, 1.54) is 35.0 Å². The molecule has 124 valence electrons. The van der Waals surface area contributed by atoms with Gasteiger partial charge in [0.2, 0.25) is 10.0 Å². The average Bonchev–Trinajstić information content (AvgIpc) is 3.10. The molecule has 23 heavy (non-hydrogen) atoms. The first-order valence-corrected chi connectivity index (χ1v) is 8.88. The molecule has 0 spiro atoms. The summed E-state index contributed by atoms with van der Waals surface area (Å²) in [6.45, 7) is 0.687. The van der Waals surface area contributed by atoms with Crippen molar-refractivity contribution in [3.8, 4) is 0 Å². The van der Waals surface area contributed by atoms with Crippen LogP contribution < -0.4 is 0 Å². The third-order valence-electron chi connectivity index (χ3n) is 4.29. The number of halogens is 1. The van der Waals surface area contributed by atoms with Gasteiger partial charge in [-0.05, 0) is 42.5 Å². The Morgan fingerprint density at radius 1 is 1.17 bits per heavy atom. The van der Waals surface area contributed by atoms with Crippen LogP contribution in [0.3, 0.4) is 0 Å². The van der Waals surface area contributed by atoms with Crippen molar-refractivity contribution in [3.63, 3.8) is 0 Å². The number of hydrogen-bond donors (Lipinski definition) is 1. The first-order chi connectivity index (χ1) is 11.0. The van der Waals surface area contributed by atoms with Crippen LogP contribution in [0.1, 0.15) is 24.5 Å². The molecule has 1 saturated heterocycles. The van der Waals surface area contributed by atoms with Gasteiger partial charge >= 0.3 is 0 Å². The first-order valence-electron chi connectivity index (χ1n) is 7.44. The Morgan fingerprint density at radius 2 is 1.83 bits per heavy atom. The van der Waals surface area contributed by atoms with Crippen molar-refractivity contribution >= 4 is 10.0 Å². The van der Waals surface area contributed by atoms with Gasteiger partial charge in [0.1, 0.15) is 17.0 Å². The van der Waals surface area contributed by atoms with Crippen LogP contribution >= 0.6 is 0 Å². The van der Waals surface area contributed by atoms with Gasteiger partial charge in [0, 0.05) is 13.1 Å². The minimum atomic E-state index is -3.53. The molecule has 3 rings (SSSR count). The van der Waals surface area contributed by atoms with Crippen molar-refractivity contribution in [1.82, 2.24) is 4.31 Å². The van der Waals surface area contributed by atoms with Crippen molar-refractivity contribution in [1.29, 1.82) is 0 Å². The zero-order valence-corrected chi connectivity index (χ0v) is 13.2. The molecule has 1 atom stereocenters. The van der Waals surface area contributed by atoms with Gasteiger partial charge in [-0.25, -0.2) is 12.8 Å². The molecule has 1 aliphatic rings. The number of aliphatic hydroxyl groups is 1. The molecule has 1 unspecified atom stereocenters. The molecule has 0 aliphatic carbocycles. The molecule has 2 heterocycles. The van der Waals surface area contributed by atoms with Gasteiger partial charge in [-0.1, -0.05) is 12.1 Å². The summed E-state index contributed by atoms with van der Waals surface area (Å²) in [5.41, 5.74) is 0.655. The largest absolute Gasteiger partial charge is 0.471 e. The van der Waals surface area contributed by atoms with Crippen LogP contribution in [-0.2, 0) is 10.0 Å². The summed E-state index contributed by atoms with van der Waals surface area (Å²) in [7, 11) is -3.53. The predicted octanol–water partition coefficient (Wildman–Crippen LogP) is 2.55. The van der Waals surface area contributed by atoms with Gasteiger partial charge in [-0.2, -0.15) is 4.31 Å². The molecular formula is C16H18FNO4S. The molecule has 7 heteroatoms. The molecule has 1 aromatic carbocycles. The lowest BCUT2D eigenvalue weighted by molar-refractivity contribution is 0.0760. The lowest BCUT2D eigenvalue weighted by atomic mass is 9.88. The first kappa shape index (κ1) is 16.2. The van der Waals surface area contributed by atoms with E-state index in [0.717, 1.165) is 0 Å². The Labute approximate surface area is 134 Å². The van der Waals surface area contributed by atoms with Gasteiger partial charge < -0.3 is 9.52 Å². The topological polar surface area (TPSA) is 70.8 Å². The third kappa shape index (κ3) is 3.31. The Hall–Kier alpha value is -1.70. The third-order valence-corrected chi connectivity index (χ3v) is 6.16. The van der Waals surface area contributed by atoms with Crippen LogP contribution in [0, 0.1) is 11.7 Å². The van der Waals surface area contributed by atoms with Crippen molar-refractivity contribution < 1.29 is 22.3 Å². The number of furan rings is 1. The number of benzene rings is 1. The zero-order chi connectivity index (χ0) is 16.4. The number of rotatable bonds is 4. The van der Waals surface area contributed by atoms with E-state index in [1.54, 1.807) is 12.1 Å². The van der Waals surface area contributed by atoms with Crippen molar-refractivity contribution in [2.24, 2.45) is 5.92 Å². The molecule has 1 aliphatic heterocycles. The molecule has 0 amide bonds. The monoisotopic (exact) mass is 339 g/mol. The smallest absolute Gasteiger partial charge is 0.246 e. The number of aliphatic hydroxyl groups excluding tert-OH is 1. The standard InChI is InChI=1S/C16H18FNO4S/c17-14-3-1-12(2-4-14)16(19)13-5-8-18(9-6-13)23(20,21)15-7-10-22-11-15/h1-4,7,10-11,13,16,19H,5-6,8-9H2. The van der Waals surface area contributed by atoms with Crippen molar-refractivity contribution in [2.45, 2.75) is 23.8 Å². The molecule has 5 nitrogen and oxygen atoms in total. The summed E-state index contributed by atoms with van der Waals surface area (Å²) >= 11 is 0. The van der Waals surface area contributed by atoms with Gasteiger partial charge in [0.05, 0.1) is 12.4 Å². The van der Waals surface area contributed by atoms with Crippen LogP contribution in [0.15, 0.2) is 52.2 Å². The average molecular weight is 339 g/mol. The zero-order valence-electron chi connectivity index (χ0n) is 12.4. The second-order valence-corrected chi connectivity index (χ2v) is 7.63. The van der Waals surface area contributed by atoms with E-state index in [2.05, 4.69) is 0 Å². The van der Waals surface area contributed by atoms with Gasteiger partial charge in [0.25, 0.3) is 0 Å². The molecule has 1 fully saturated rings. The quantitative estimate of drug-likeness (QED) is 0.929. The summed E-state index contributed by atoms with van der Waals surface area (Å²) < 4.78 is 44.0. The van der Waals surface area contributed by atoms with E-state index >= 15 is 0 Å². The van der Waals surface area contributed by atoms with Gasteiger partial charge in [-0.15, -0.1) is 0 Å².